The van der Waals surface area contributed by atoms with Gasteiger partial charge in [0.1, 0.15) is 5.75 Å². The summed E-state index contributed by atoms with van der Waals surface area (Å²) in [5.41, 5.74) is 2.63. The summed E-state index contributed by atoms with van der Waals surface area (Å²) in [4.78, 5) is 2.65. The smallest absolute Gasteiger partial charge is 0.119 e. The van der Waals surface area contributed by atoms with Gasteiger partial charge in [0.15, 0.2) is 0 Å². The fourth-order valence-electron chi connectivity index (χ4n) is 3.73. The van der Waals surface area contributed by atoms with Gasteiger partial charge in [-0.3, -0.25) is 4.90 Å². The minimum atomic E-state index is 0.509. The molecule has 1 aromatic rings. The second-order valence-corrected chi connectivity index (χ2v) is 5.38. The van der Waals surface area contributed by atoms with Crippen LogP contribution in [-0.4, -0.2) is 29.1 Å². The van der Waals surface area contributed by atoms with Crippen molar-refractivity contribution in [1.82, 2.24) is 4.90 Å². The highest BCUT2D eigenvalue weighted by Crippen LogP contribution is 2.43. The first-order chi connectivity index (χ1) is 8.31. The summed E-state index contributed by atoms with van der Waals surface area (Å²) in [7, 11) is 0. The summed E-state index contributed by atoms with van der Waals surface area (Å²) in [5.74, 6) is 1.17. The largest absolute Gasteiger partial charge is 0.508 e. The molecule has 92 valence electrons. The van der Waals surface area contributed by atoms with Gasteiger partial charge in [-0.25, -0.2) is 0 Å². The lowest BCUT2D eigenvalue weighted by Crippen LogP contribution is -2.35. The molecule has 2 heteroatoms. The zero-order chi connectivity index (χ0) is 11.8. The van der Waals surface area contributed by atoms with Crippen molar-refractivity contribution in [1.29, 1.82) is 0 Å². The molecule has 0 radical (unpaired) electrons. The predicted molar refractivity (Wildman–Crippen MR) is 69.4 cm³/mol. The van der Waals surface area contributed by atoms with Gasteiger partial charge in [-0.15, -0.1) is 0 Å². The third-order valence-electron chi connectivity index (χ3n) is 4.45. The van der Waals surface area contributed by atoms with E-state index in [1.54, 1.807) is 0 Å². The molecule has 1 N–H and O–H groups in total. The summed E-state index contributed by atoms with van der Waals surface area (Å²) in [6.07, 6.45) is 4.77. The molecule has 0 amide bonds. The van der Waals surface area contributed by atoms with Gasteiger partial charge in [0, 0.05) is 12.0 Å². The molecule has 3 rings (SSSR count). The van der Waals surface area contributed by atoms with Gasteiger partial charge >= 0.3 is 0 Å². The number of hydrogen-bond acceptors (Lipinski definition) is 2. The maximum absolute atomic E-state index is 9.93. The molecule has 1 aliphatic heterocycles. The van der Waals surface area contributed by atoms with Crippen LogP contribution in [0.25, 0.3) is 0 Å². The Morgan fingerprint density at radius 1 is 1.35 bits per heavy atom. The molecule has 0 unspecified atom stereocenters. The Morgan fingerprint density at radius 2 is 2.24 bits per heavy atom. The summed E-state index contributed by atoms with van der Waals surface area (Å²) in [5, 5.41) is 9.93. The lowest BCUT2D eigenvalue weighted by atomic mass is 9.79. The van der Waals surface area contributed by atoms with Crippen molar-refractivity contribution in [2.75, 3.05) is 13.1 Å². The van der Waals surface area contributed by atoms with E-state index in [1.165, 1.54) is 43.5 Å². The molecular weight excluding hydrogens is 210 g/mol. The number of rotatable bonds is 2. The third-order valence-corrected chi connectivity index (χ3v) is 4.45. The van der Waals surface area contributed by atoms with Crippen molar-refractivity contribution in [3.8, 4) is 5.75 Å². The molecule has 2 aliphatic rings. The van der Waals surface area contributed by atoms with E-state index >= 15 is 0 Å². The highest BCUT2D eigenvalue weighted by Gasteiger charge is 2.38. The third kappa shape index (κ3) is 1.75. The maximum Gasteiger partial charge on any atom is 0.119 e. The Kier molecular flexibility index (Phi) is 2.83. The van der Waals surface area contributed by atoms with Crippen LogP contribution < -0.4 is 0 Å². The van der Waals surface area contributed by atoms with Crippen LogP contribution in [0, 0.1) is 0 Å². The highest BCUT2D eigenvalue weighted by molar-refractivity contribution is 5.44. The van der Waals surface area contributed by atoms with Crippen LogP contribution in [0.2, 0.25) is 0 Å². The van der Waals surface area contributed by atoms with Crippen molar-refractivity contribution in [2.24, 2.45) is 0 Å². The van der Waals surface area contributed by atoms with Crippen molar-refractivity contribution in [2.45, 2.75) is 44.6 Å². The fraction of sp³-hybridized carbons (Fsp3) is 0.600. The molecule has 0 saturated carbocycles. The average molecular weight is 231 g/mol. The van der Waals surface area contributed by atoms with Gasteiger partial charge in [-0.2, -0.15) is 0 Å². The second-order valence-electron chi connectivity index (χ2n) is 5.38. The number of aromatic hydroxyl groups is 1. The number of nitrogens with zero attached hydrogens (tertiary/aromatic N) is 1. The molecule has 17 heavy (non-hydrogen) atoms. The first-order valence-electron chi connectivity index (χ1n) is 6.86. The molecule has 0 bridgehead atoms. The van der Waals surface area contributed by atoms with Crippen LogP contribution in [0.1, 0.15) is 43.2 Å². The number of likely N-dealkylation sites (tertiary alicyclic amines) is 1. The Balaban J connectivity index is 1.91. The van der Waals surface area contributed by atoms with Crippen LogP contribution >= 0.6 is 0 Å². The van der Waals surface area contributed by atoms with Crippen molar-refractivity contribution < 1.29 is 5.11 Å². The van der Waals surface area contributed by atoms with Gasteiger partial charge in [0.2, 0.25) is 0 Å². The van der Waals surface area contributed by atoms with E-state index in [2.05, 4.69) is 17.9 Å². The zero-order valence-electron chi connectivity index (χ0n) is 10.5. The normalized spacial score (nSPS) is 27.8. The van der Waals surface area contributed by atoms with Gasteiger partial charge in [0.25, 0.3) is 0 Å². The molecule has 1 aliphatic carbocycles. The second kappa shape index (κ2) is 4.34. The van der Waals surface area contributed by atoms with E-state index in [-0.39, 0.29) is 0 Å². The number of hydrogen-bond donors (Lipinski definition) is 1. The Bertz CT molecular complexity index is 415. The predicted octanol–water partition coefficient (Wildman–Crippen LogP) is 2.91. The molecule has 1 fully saturated rings. The average Bonchev–Trinajstić information content (AvgIpc) is 2.74. The molecule has 0 spiro atoms. The SMILES string of the molecule is CCCN1CC[C@@H]2c3cccc(O)c3CC[C@H]21. The van der Waals surface area contributed by atoms with E-state index in [0.29, 0.717) is 11.7 Å². The first kappa shape index (κ1) is 11.1. The van der Waals surface area contributed by atoms with Crippen LogP contribution in [-0.2, 0) is 6.42 Å². The molecular formula is C15H21NO. The maximum atomic E-state index is 9.93. The van der Waals surface area contributed by atoms with E-state index in [1.807, 2.05) is 12.1 Å². The van der Waals surface area contributed by atoms with E-state index in [9.17, 15) is 5.11 Å². The Morgan fingerprint density at radius 3 is 3.06 bits per heavy atom. The van der Waals surface area contributed by atoms with Crippen LogP contribution in [0.15, 0.2) is 18.2 Å². The quantitative estimate of drug-likeness (QED) is 0.846. The van der Waals surface area contributed by atoms with Crippen LogP contribution in [0.4, 0.5) is 0 Å². The Hall–Kier alpha value is -1.02. The van der Waals surface area contributed by atoms with E-state index in [0.717, 1.165) is 12.5 Å². The summed E-state index contributed by atoms with van der Waals surface area (Å²) < 4.78 is 0. The topological polar surface area (TPSA) is 23.5 Å². The monoisotopic (exact) mass is 231 g/mol. The minimum absolute atomic E-state index is 0.509. The number of benzene rings is 1. The highest BCUT2D eigenvalue weighted by atomic mass is 16.3. The lowest BCUT2D eigenvalue weighted by Gasteiger charge is -2.33. The summed E-state index contributed by atoms with van der Waals surface area (Å²) in [6, 6.07) is 6.78. The lowest BCUT2D eigenvalue weighted by molar-refractivity contribution is 0.226. The van der Waals surface area contributed by atoms with E-state index in [4.69, 9.17) is 0 Å². The summed E-state index contributed by atoms with van der Waals surface area (Å²) >= 11 is 0. The molecule has 2 atom stereocenters. The van der Waals surface area contributed by atoms with Crippen molar-refractivity contribution >= 4 is 0 Å². The number of phenols is 1. The zero-order valence-corrected chi connectivity index (χ0v) is 10.5. The van der Waals surface area contributed by atoms with E-state index < -0.39 is 0 Å². The van der Waals surface area contributed by atoms with Crippen molar-refractivity contribution in [3.63, 3.8) is 0 Å². The first-order valence-corrected chi connectivity index (χ1v) is 6.86. The van der Waals surface area contributed by atoms with Crippen molar-refractivity contribution in [3.05, 3.63) is 29.3 Å². The van der Waals surface area contributed by atoms with Crippen LogP contribution in [0.5, 0.6) is 5.75 Å². The van der Waals surface area contributed by atoms with Gasteiger partial charge in [-0.05, 0) is 56.0 Å². The Labute approximate surface area is 103 Å². The van der Waals surface area contributed by atoms with Gasteiger partial charge in [-0.1, -0.05) is 19.1 Å². The van der Waals surface area contributed by atoms with Gasteiger partial charge < -0.3 is 5.11 Å². The van der Waals surface area contributed by atoms with Crippen LogP contribution in [0.3, 0.4) is 0 Å². The molecule has 1 heterocycles. The fourth-order valence-corrected chi connectivity index (χ4v) is 3.73. The molecule has 1 aromatic carbocycles. The van der Waals surface area contributed by atoms with Gasteiger partial charge in [0.05, 0.1) is 0 Å². The minimum Gasteiger partial charge on any atom is -0.508 e. The molecule has 2 nitrogen and oxygen atoms in total. The molecule has 1 saturated heterocycles. The number of fused-ring (bicyclic) bond motifs is 3. The standard InChI is InChI=1S/C15H21NO/c1-2-9-16-10-8-12-11-4-3-5-15(17)13(11)6-7-14(12)16/h3-5,12,14,17H,2,6-10H2,1H3/t12-,14-/m1/s1. The summed E-state index contributed by atoms with van der Waals surface area (Å²) in [6.45, 7) is 4.73. The molecule has 0 aromatic heterocycles. The number of phenolic OH excluding ortho intramolecular Hbond substituents is 1.